The second-order valence-electron chi connectivity index (χ2n) is 7.85. The molecule has 0 aliphatic carbocycles. The fraction of sp³-hybridized carbons (Fsp3) is 0.571. The van der Waals surface area contributed by atoms with Crippen LogP contribution in [0.5, 0.6) is 0 Å². The molecule has 2 aromatic heterocycles. The van der Waals surface area contributed by atoms with Crippen LogP contribution in [0.25, 0.3) is 11.1 Å². The van der Waals surface area contributed by atoms with Crippen molar-refractivity contribution in [3.63, 3.8) is 0 Å². The Labute approximate surface area is 166 Å². The average Bonchev–Trinajstić information content (AvgIpc) is 3.36. The van der Waals surface area contributed by atoms with Gasteiger partial charge in [-0.15, -0.1) is 0 Å². The van der Waals surface area contributed by atoms with E-state index in [1.807, 2.05) is 35.9 Å². The molecule has 7 heteroatoms. The Morgan fingerprint density at radius 3 is 2.79 bits per heavy atom. The normalized spacial score (nSPS) is 20.6. The van der Waals surface area contributed by atoms with Gasteiger partial charge in [0.15, 0.2) is 0 Å². The van der Waals surface area contributed by atoms with Crippen molar-refractivity contribution in [2.45, 2.75) is 25.7 Å². The molecular formula is C21H29N5O2. The minimum atomic E-state index is 0.258. The van der Waals surface area contributed by atoms with Gasteiger partial charge < -0.3 is 9.64 Å². The van der Waals surface area contributed by atoms with E-state index < -0.39 is 0 Å². The first-order chi connectivity index (χ1) is 13.6. The van der Waals surface area contributed by atoms with Gasteiger partial charge in [0, 0.05) is 75.3 Å². The van der Waals surface area contributed by atoms with E-state index >= 15 is 0 Å². The Hall–Kier alpha value is -2.25. The second-order valence-corrected chi connectivity index (χ2v) is 7.85. The van der Waals surface area contributed by atoms with E-state index in [0.717, 1.165) is 74.9 Å². The number of rotatable bonds is 5. The van der Waals surface area contributed by atoms with Crippen LogP contribution in [0.4, 0.5) is 0 Å². The molecule has 150 valence electrons. The number of hydrogen-bond acceptors (Lipinski definition) is 5. The summed E-state index contributed by atoms with van der Waals surface area (Å²) in [7, 11) is 1.93. The third-order valence-corrected chi connectivity index (χ3v) is 5.72. The Balaban J connectivity index is 1.38. The molecule has 0 bridgehead atoms. The highest BCUT2D eigenvalue weighted by atomic mass is 16.5. The van der Waals surface area contributed by atoms with Crippen molar-refractivity contribution in [3.8, 4) is 11.1 Å². The van der Waals surface area contributed by atoms with E-state index in [1.165, 1.54) is 0 Å². The predicted molar refractivity (Wildman–Crippen MR) is 107 cm³/mol. The number of carbonyl (C=O) groups is 1. The number of likely N-dealkylation sites (tertiary alicyclic amines) is 1. The first-order valence-corrected chi connectivity index (χ1v) is 10.1. The standard InChI is InChI=1S/C21H29N5O2/c1-16-11-18(19-13-22-24(2)14-19)12-20(23-16)17-3-6-26(15-17)21(27)4-5-25-7-9-28-10-8-25/h11-14,17H,3-10,15H2,1-2H3. The van der Waals surface area contributed by atoms with Crippen molar-refractivity contribution in [2.75, 3.05) is 45.9 Å². The van der Waals surface area contributed by atoms with Gasteiger partial charge in [-0.05, 0) is 31.0 Å². The lowest BCUT2D eigenvalue weighted by molar-refractivity contribution is -0.130. The highest BCUT2D eigenvalue weighted by Gasteiger charge is 2.28. The Bertz CT molecular complexity index is 828. The highest BCUT2D eigenvalue weighted by Crippen LogP contribution is 2.30. The number of pyridine rings is 1. The number of hydrogen-bond donors (Lipinski definition) is 0. The quantitative estimate of drug-likeness (QED) is 0.788. The third kappa shape index (κ3) is 4.42. The van der Waals surface area contributed by atoms with Gasteiger partial charge in [0.2, 0.25) is 5.91 Å². The summed E-state index contributed by atoms with van der Waals surface area (Å²) in [6.07, 6.45) is 5.48. The minimum absolute atomic E-state index is 0.258. The van der Waals surface area contributed by atoms with Crippen LogP contribution in [0.1, 0.15) is 30.1 Å². The largest absolute Gasteiger partial charge is 0.379 e. The van der Waals surface area contributed by atoms with Crippen LogP contribution in [0.3, 0.4) is 0 Å². The maximum absolute atomic E-state index is 12.7. The van der Waals surface area contributed by atoms with E-state index in [4.69, 9.17) is 9.72 Å². The molecule has 0 spiro atoms. The monoisotopic (exact) mass is 383 g/mol. The molecule has 4 rings (SSSR count). The van der Waals surface area contributed by atoms with Gasteiger partial charge in [0.05, 0.1) is 19.4 Å². The smallest absolute Gasteiger partial charge is 0.223 e. The zero-order valence-electron chi connectivity index (χ0n) is 16.8. The molecule has 2 aliphatic rings. The van der Waals surface area contributed by atoms with Gasteiger partial charge in [0.1, 0.15) is 0 Å². The van der Waals surface area contributed by atoms with Crippen LogP contribution >= 0.6 is 0 Å². The zero-order valence-corrected chi connectivity index (χ0v) is 16.8. The van der Waals surface area contributed by atoms with Crippen molar-refractivity contribution < 1.29 is 9.53 Å². The van der Waals surface area contributed by atoms with Crippen LogP contribution in [0.15, 0.2) is 24.5 Å². The first kappa shape index (κ1) is 19.1. The fourth-order valence-electron chi connectivity index (χ4n) is 4.11. The summed E-state index contributed by atoms with van der Waals surface area (Å²) in [4.78, 5) is 21.8. The van der Waals surface area contributed by atoms with Gasteiger partial charge in [0.25, 0.3) is 0 Å². The van der Waals surface area contributed by atoms with E-state index in [9.17, 15) is 4.79 Å². The lowest BCUT2D eigenvalue weighted by Gasteiger charge is -2.27. The van der Waals surface area contributed by atoms with E-state index in [0.29, 0.717) is 12.3 Å². The topological polar surface area (TPSA) is 63.5 Å². The van der Waals surface area contributed by atoms with Gasteiger partial charge in [-0.3, -0.25) is 19.4 Å². The number of nitrogens with zero attached hydrogens (tertiary/aromatic N) is 5. The Morgan fingerprint density at radius 1 is 1.21 bits per heavy atom. The van der Waals surface area contributed by atoms with Gasteiger partial charge in [-0.1, -0.05) is 0 Å². The number of aryl methyl sites for hydroxylation is 2. The maximum atomic E-state index is 12.7. The summed E-state index contributed by atoms with van der Waals surface area (Å²) in [5.41, 5.74) is 4.34. The van der Waals surface area contributed by atoms with Gasteiger partial charge >= 0.3 is 0 Å². The third-order valence-electron chi connectivity index (χ3n) is 5.72. The summed E-state index contributed by atoms with van der Waals surface area (Å²) < 4.78 is 7.19. The second kappa shape index (κ2) is 8.41. The predicted octanol–water partition coefficient (Wildman–Crippen LogP) is 1.83. The molecule has 1 amide bonds. The Kier molecular flexibility index (Phi) is 5.73. The molecular weight excluding hydrogens is 354 g/mol. The fourth-order valence-corrected chi connectivity index (χ4v) is 4.11. The zero-order chi connectivity index (χ0) is 19.5. The molecule has 4 heterocycles. The minimum Gasteiger partial charge on any atom is -0.379 e. The molecule has 0 N–H and O–H groups in total. The lowest BCUT2D eigenvalue weighted by Crippen LogP contribution is -2.39. The van der Waals surface area contributed by atoms with Crippen LogP contribution in [0, 0.1) is 6.92 Å². The number of carbonyl (C=O) groups excluding carboxylic acids is 1. The SMILES string of the molecule is Cc1cc(-c2cnn(C)c2)cc(C2CCN(C(=O)CCN3CCOCC3)C2)n1. The van der Waals surface area contributed by atoms with Crippen LogP contribution in [-0.4, -0.2) is 76.4 Å². The molecule has 2 fully saturated rings. The molecule has 28 heavy (non-hydrogen) atoms. The van der Waals surface area contributed by atoms with Crippen molar-refractivity contribution in [2.24, 2.45) is 7.05 Å². The summed E-state index contributed by atoms with van der Waals surface area (Å²) >= 11 is 0. The van der Waals surface area contributed by atoms with E-state index in [2.05, 4.69) is 22.1 Å². The molecule has 1 atom stereocenters. The number of ether oxygens (including phenoxy) is 1. The van der Waals surface area contributed by atoms with Crippen molar-refractivity contribution >= 4 is 5.91 Å². The Morgan fingerprint density at radius 2 is 2.04 bits per heavy atom. The molecule has 2 saturated heterocycles. The summed E-state index contributed by atoms with van der Waals surface area (Å²) in [5.74, 6) is 0.566. The number of morpholine rings is 1. The van der Waals surface area contributed by atoms with Crippen molar-refractivity contribution in [1.29, 1.82) is 0 Å². The summed E-state index contributed by atoms with van der Waals surface area (Å²) in [6, 6.07) is 4.26. The van der Waals surface area contributed by atoms with Crippen LogP contribution < -0.4 is 0 Å². The molecule has 0 aromatic carbocycles. The van der Waals surface area contributed by atoms with Gasteiger partial charge in [-0.25, -0.2) is 0 Å². The molecule has 2 aliphatic heterocycles. The average molecular weight is 383 g/mol. The van der Waals surface area contributed by atoms with Crippen molar-refractivity contribution in [3.05, 3.63) is 35.9 Å². The van der Waals surface area contributed by atoms with E-state index in [-0.39, 0.29) is 5.91 Å². The summed E-state index contributed by atoms with van der Waals surface area (Å²) in [6.45, 7) is 7.87. The number of amides is 1. The molecule has 0 saturated carbocycles. The lowest BCUT2D eigenvalue weighted by atomic mass is 10.00. The molecule has 0 radical (unpaired) electrons. The maximum Gasteiger partial charge on any atom is 0.223 e. The van der Waals surface area contributed by atoms with Crippen molar-refractivity contribution in [1.82, 2.24) is 24.6 Å². The first-order valence-electron chi connectivity index (χ1n) is 10.1. The van der Waals surface area contributed by atoms with Gasteiger partial charge in [-0.2, -0.15) is 5.10 Å². The molecule has 1 unspecified atom stereocenters. The molecule has 7 nitrogen and oxygen atoms in total. The molecule has 2 aromatic rings. The van der Waals surface area contributed by atoms with Crippen LogP contribution in [0.2, 0.25) is 0 Å². The van der Waals surface area contributed by atoms with Crippen LogP contribution in [-0.2, 0) is 16.6 Å². The van der Waals surface area contributed by atoms with E-state index in [1.54, 1.807) is 0 Å². The summed E-state index contributed by atoms with van der Waals surface area (Å²) in [5, 5.41) is 4.28. The number of aromatic nitrogens is 3. The highest BCUT2D eigenvalue weighted by molar-refractivity contribution is 5.76.